The van der Waals surface area contributed by atoms with Gasteiger partial charge in [-0.3, -0.25) is 4.90 Å². The molecule has 0 fully saturated rings. The van der Waals surface area contributed by atoms with Crippen LogP contribution in [-0.2, 0) is 6.54 Å². The SMILES string of the molecule is CCC(CC)N(CCBr)Cc1ccc(OC)c(OC)c1. The zero-order chi connectivity index (χ0) is 15.0. The van der Waals surface area contributed by atoms with Crippen molar-refractivity contribution in [1.29, 1.82) is 0 Å². The lowest BCUT2D eigenvalue weighted by Gasteiger charge is -2.30. The van der Waals surface area contributed by atoms with E-state index >= 15 is 0 Å². The van der Waals surface area contributed by atoms with Crippen molar-refractivity contribution in [2.45, 2.75) is 39.3 Å². The highest BCUT2D eigenvalue weighted by atomic mass is 79.9. The molecule has 0 bridgehead atoms. The van der Waals surface area contributed by atoms with Crippen LogP contribution >= 0.6 is 15.9 Å². The molecule has 114 valence electrons. The van der Waals surface area contributed by atoms with Crippen molar-refractivity contribution in [2.24, 2.45) is 0 Å². The summed E-state index contributed by atoms with van der Waals surface area (Å²) in [5.41, 5.74) is 1.26. The molecule has 0 saturated carbocycles. The zero-order valence-electron chi connectivity index (χ0n) is 13.0. The Hall–Kier alpha value is -0.740. The van der Waals surface area contributed by atoms with Crippen molar-refractivity contribution in [3.63, 3.8) is 0 Å². The smallest absolute Gasteiger partial charge is 0.161 e. The van der Waals surface area contributed by atoms with Crippen LogP contribution in [0.2, 0.25) is 0 Å². The first-order valence-corrected chi connectivity index (χ1v) is 8.33. The van der Waals surface area contributed by atoms with Gasteiger partial charge in [-0.05, 0) is 30.5 Å². The van der Waals surface area contributed by atoms with E-state index in [4.69, 9.17) is 9.47 Å². The molecule has 0 N–H and O–H groups in total. The molecule has 1 aromatic carbocycles. The first-order chi connectivity index (χ1) is 9.69. The van der Waals surface area contributed by atoms with Gasteiger partial charge in [0, 0.05) is 24.5 Å². The van der Waals surface area contributed by atoms with E-state index in [-0.39, 0.29) is 0 Å². The molecule has 1 aromatic rings. The maximum atomic E-state index is 5.38. The van der Waals surface area contributed by atoms with E-state index in [9.17, 15) is 0 Å². The zero-order valence-corrected chi connectivity index (χ0v) is 14.6. The number of halogens is 1. The number of hydrogen-bond acceptors (Lipinski definition) is 3. The third-order valence-corrected chi connectivity index (χ3v) is 4.02. The van der Waals surface area contributed by atoms with Crippen LogP contribution in [0, 0.1) is 0 Å². The van der Waals surface area contributed by atoms with Gasteiger partial charge in [0.05, 0.1) is 14.2 Å². The van der Waals surface area contributed by atoms with Crippen LogP contribution in [0.1, 0.15) is 32.3 Å². The van der Waals surface area contributed by atoms with Gasteiger partial charge in [-0.25, -0.2) is 0 Å². The van der Waals surface area contributed by atoms with Crippen molar-refractivity contribution in [3.8, 4) is 11.5 Å². The first kappa shape index (κ1) is 17.3. The minimum atomic E-state index is 0.626. The molecule has 0 amide bonds. The van der Waals surface area contributed by atoms with Gasteiger partial charge in [-0.15, -0.1) is 0 Å². The van der Waals surface area contributed by atoms with Gasteiger partial charge in [-0.1, -0.05) is 35.8 Å². The van der Waals surface area contributed by atoms with Gasteiger partial charge in [-0.2, -0.15) is 0 Å². The van der Waals surface area contributed by atoms with Gasteiger partial charge in [0.1, 0.15) is 0 Å². The van der Waals surface area contributed by atoms with Crippen LogP contribution in [0.25, 0.3) is 0 Å². The lowest BCUT2D eigenvalue weighted by molar-refractivity contribution is 0.189. The topological polar surface area (TPSA) is 21.7 Å². The Balaban J connectivity index is 2.87. The molecule has 4 heteroatoms. The molecule has 0 aliphatic heterocycles. The largest absolute Gasteiger partial charge is 0.493 e. The summed E-state index contributed by atoms with van der Waals surface area (Å²) in [7, 11) is 3.34. The van der Waals surface area contributed by atoms with E-state index < -0.39 is 0 Å². The highest BCUT2D eigenvalue weighted by molar-refractivity contribution is 9.09. The van der Waals surface area contributed by atoms with E-state index in [0.29, 0.717) is 6.04 Å². The molecule has 0 aliphatic rings. The van der Waals surface area contributed by atoms with Crippen molar-refractivity contribution >= 4 is 15.9 Å². The molecule has 0 aromatic heterocycles. The molecule has 0 unspecified atom stereocenters. The fourth-order valence-electron chi connectivity index (χ4n) is 2.52. The molecule has 0 atom stereocenters. The summed E-state index contributed by atoms with van der Waals surface area (Å²) < 4.78 is 10.7. The molecular formula is C16H26BrNO2. The third-order valence-electron chi connectivity index (χ3n) is 3.66. The Labute approximate surface area is 131 Å². The fraction of sp³-hybridized carbons (Fsp3) is 0.625. The molecule has 0 spiro atoms. The Kier molecular flexibility index (Phi) is 8.00. The molecule has 0 heterocycles. The molecule has 1 rings (SSSR count). The lowest BCUT2D eigenvalue weighted by atomic mass is 10.1. The second-order valence-electron chi connectivity index (χ2n) is 4.82. The number of nitrogens with zero attached hydrogens (tertiary/aromatic N) is 1. The predicted octanol–water partition coefficient (Wildman–Crippen LogP) is 4.09. The van der Waals surface area contributed by atoms with Crippen molar-refractivity contribution in [2.75, 3.05) is 26.1 Å². The average molecular weight is 344 g/mol. The number of benzene rings is 1. The summed E-state index contributed by atoms with van der Waals surface area (Å²) in [6.45, 7) is 6.51. The number of ether oxygens (including phenoxy) is 2. The van der Waals surface area contributed by atoms with E-state index in [1.165, 1.54) is 18.4 Å². The van der Waals surface area contributed by atoms with Gasteiger partial charge in [0.25, 0.3) is 0 Å². The monoisotopic (exact) mass is 343 g/mol. The van der Waals surface area contributed by atoms with Crippen molar-refractivity contribution in [3.05, 3.63) is 23.8 Å². The minimum absolute atomic E-state index is 0.626. The van der Waals surface area contributed by atoms with Gasteiger partial charge < -0.3 is 9.47 Å². The normalized spacial score (nSPS) is 11.2. The van der Waals surface area contributed by atoms with Gasteiger partial charge in [0.2, 0.25) is 0 Å². The van der Waals surface area contributed by atoms with Crippen LogP contribution in [0.5, 0.6) is 11.5 Å². The summed E-state index contributed by atoms with van der Waals surface area (Å²) in [5.74, 6) is 1.58. The van der Waals surface area contributed by atoms with E-state index in [1.807, 2.05) is 6.07 Å². The number of hydrogen-bond donors (Lipinski definition) is 0. The number of alkyl halides is 1. The lowest BCUT2D eigenvalue weighted by Crippen LogP contribution is -2.35. The van der Waals surface area contributed by atoms with Gasteiger partial charge >= 0.3 is 0 Å². The molecule has 0 radical (unpaired) electrons. The van der Waals surface area contributed by atoms with Crippen LogP contribution in [0.15, 0.2) is 18.2 Å². The summed E-state index contributed by atoms with van der Waals surface area (Å²) in [4.78, 5) is 2.52. The van der Waals surface area contributed by atoms with Crippen LogP contribution < -0.4 is 9.47 Å². The standard InChI is InChI=1S/C16H26BrNO2/c1-5-14(6-2)18(10-9-17)12-13-7-8-15(19-3)16(11-13)20-4/h7-8,11,14H,5-6,9-10,12H2,1-4H3. The van der Waals surface area contributed by atoms with Crippen molar-refractivity contribution < 1.29 is 9.47 Å². The van der Waals surface area contributed by atoms with E-state index in [2.05, 4.69) is 46.8 Å². The highest BCUT2D eigenvalue weighted by Crippen LogP contribution is 2.28. The van der Waals surface area contributed by atoms with Gasteiger partial charge in [0.15, 0.2) is 11.5 Å². The second-order valence-corrected chi connectivity index (χ2v) is 5.61. The Morgan fingerprint density at radius 3 is 2.25 bits per heavy atom. The summed E-state index contributed by atoms with van der Waals surface area (Å²) in [6.07, 6.45) is 2.35. The maximum Gasteiger partial charge on any atom is 0.161 e. The number of methoxy groups -OCH3 is 2. The summed E-state index contributed by atoms with van der Waals surface area (Å²) in [5, 5.41) is 0.997. The molecule has 0 aliphatic carbocycles. The van der Waals surface area contributed by atoms with Crippen LogP contribution in [-0.4, -0.2) is 37.0 Å². The highest BCUT2D eigenvalue weighted by Gasteiger charge is 2.15. The summed E-state index contributed by atoms with van der Waals surface area (Å²) >= 11 is 3.55. The van der Waals surface area contributed by atoms with Crippen LogP contribution in [0.4, 0.5) is 0 Å². The van der Waals surface area contributed by atoms with Crippen molar-refractivity contribution in [1.82, 2.24) is 4.90 Å². The molecule has 3 nitrogen and oxygen atoms in total. The minimum Gasteiger partial charge on any atom is -0.493 e. The first-order valence-electron chi connectivity index (χ1n) is 7.20. The number of rotatable bonds is 9. The van der Waals surface area contributed by atoms with E-state index in [1.54, 1.807) is 14.2 Å². The fourth-order valence-corrected chi connectivity index (χ4v) is 2.97. The predicted molar refractivity (Wildman–Crippen MR) is 88.1 cm³/mol. The quantitative estimate of drug-likeness (QED) is 0.630. The summed E-state index contributed by atoms with van der Waals surface area (Å²) in [6, 6.07) is 6.79. The Morgan fingerprint density at radius 2 is 1.75 bits per heavy atom. The van der Waals surface area contributed by atoms with Crippen LogP contribution in [0.3, 0.4) is 0 Å². The Morgan fingerprint density at radius 1 is 1.10 bits per heavy atom. The molecular weight excluding hydrogens is 318 g/mol. The molecule has 0 saturated heterocycles. The third kappa shape index (κ3) is 4.67. The average Bonchev–Trinajstić information content (AvgIpc) is 2.48. The van der Waals surface area contributed by atoms with E-state index in [0.717, 1.165) is 29.9 Å². The second kappa shape index (κ2) is 9.24. The Bertz CT molecular complexity index is 394. The molecule has 20 heavy (non-hydrogen) atoms. The maximum absolute atomic E-state index is 5.38.